The van der Waals surface area contributed by atoms with Crippen LogP contribution in [0.15, 0.2) is 0 Å². The summed E-state index contributed by atoms with van der Waals surface area (Å²) in [5.41, 5.74) is 0. The highest BCUT2D eigenvalue weighted by molar-refractivity contribution is 6.47. The second-order valence-electron chi connectivity index (χ2n) is 30.6. The summed E-state index contributed by atoms with van der Waals surface area (Å²) in [6.45, 7) is 25.9. The van der Waals surface area contributed by atoms with E-state index in [0.717, 1.165) is 77.0 Å². The molecule has 12 atom stereocenters. The molecule has 0 spiro atoms. The van der Waals surface area contributed by atoms with Crippen LogP contribution in [-0.2, 0) is 57.5 Å². The third-order valence-electron chi connectivity index (χ3n) is 24.3. The maximum absolute atomic E-state index is 13.2. The molecule has 7 aliphatic rings. The lowest BCUT2D eigenvalue weighted by Crippen LogP contribution is -2.49. The monoisotopic (exact) mass is 1160 g/mol. The van der Waals surface area contributed by atoms with Crippen LogP contribution >= 0.6 is 0 Å². The fourth-order valence-electron chi connectivity index (χ4n) is 17.4. The second kappa shape index (κ2) is 29.4. The largest absolute Gasteiger partial charge is 0.291 e. The first-order valence-corrected chi connectivity index (χ1v) is 34.1. The molecule has 0 aliphatic heterocycles. The average Bonchev–Trinajstić information content (AvgIpc) is 2.33. The van der Waals surface area contributed by atoms with Crippen LogP contribution in [0.25, 0.3) is 0 Å². The molecule has 0 heterocycles. The lowest BCUT2D eigenvalue weighted by atomic mass is 9.62. The van der Waals surface area contributed by atoms with Crippen LogP contribution in [0.3, 0.4) is 0 Å². The average molecular weight is 1170 g/mol. The molecule has 12 heteroatoms. The molecule has 0 N–H and O–H groups in total. The van der Waals surface area contributed by atoms with Crippen LogP contribution in [0.2, 0.25) is 0 Å². The van der Waals surface area contributed by atoms with Crippen LogP contribution in [0.4, 0.5) is 0 Å². The highest BCUT2D eigenvalue weighted by Crippen LogP contribution is 2.47. The number of carbonyl (C=O) groups excluding carboxylic acids is 12. The van der Waals surface area contributed by atoms with Crippen molar-refractivity contribution in [3.05, 3.63) is 0 Å². The summed E-state index contributed by atoms with van der Waals surface area (Å²) in [5.74, 6) is -4.51. The van der Waals surface area contributed by atoms with Gasteiger partial charge in [-0.1, -0.05) is 83.1 Å². The summed E-state index contributed by atoms with van der Waals surface area (Å²) >= 11 is 0. The van der Waals surface area contributed by atoms with Gasteiger partial charge in [-0.3, -0.25) is 57.5 Å². The van der Waals surface area contributed by atoms with Gasteiger partial charge in [0.15, 0.2) is 0 Å². The van der Waals surface area contributed by atoms with Gasteiger partial charge in [0.25, 0.3) is 0 Å². The van der Waals surface area contributed by atoms with E-state index in [1.54, 1.807) is 0 Å². The fraction of sp³-hybridized carbons (Fsp3) is 0.833. The molecule has 0 bridgehead atoms. The number of carbonyl (C=O) groups is 12. The molecule has 84 heavy (non-hydrogen) atoms. The number of ketones is 12. The Bertz CT molecular complexity index is 1900. The maximum Gasteiger partial charge on any atom is 0.202 e. The molecule has 0 amide bonds. The van der Waals surface area contributed by atoms with Crippen LogP contribution in [-0.4, -0.2) is 69.4 Å². The van der Waals surface area contributed by atoms with Crippen molar-refractivity contribution >= 4 is 69.4 Å². The lowest BCUT2D eigenvalue weighted by molar-refractivity contribution is -0.154. The second-order valence-corrected chi connectivity index (χ2v) is 30.6. The summed E-state index contributed by atoms with van der Waals surface area (Å²) in [6.07, 6.45) is 16.3. The van der Waals surface area contributed by atoms with Crippen molar-refractivity contribution in [3.8, 4) is 0 Å². The third-order valence-corrected chi connectivity index (χ3v) is 24.3. The van der Waals surface area contributed by atoms with E-state index >= 15 is 0 Å². The van der Waals surface area contributed by atoms with Crippen molar-refractivity contribution in [1.82, 2.24) is 0 Å². The lowest BCUT2D eigenvalue weighted by Gasteiger charge is -2.38. The molecule has 0 saturated heterocycles. The molecule has 7 aliphatic carbocycles. The summed E-state index contributed by atoms with van der Waals surface area (Å²) in [6, 6.07) is 0. The Morgan fingerprint density at radius 3 is 0.286 bits per heavy atom. The Kier molecular flexibility index (Phi) is 23.6. The highest BCUT2D eigenvalue weighted by atomic mass is 16.2. The molecular formula is C72H108O12. The van der Waals surface area contributed by atoms with Crippen molar-refractivity contribution in [3.63, 3.8) is 0 Å². The molecule has 0 aromatic rings. The van der Waals surface area contributed by atoms with Crippen molar-refractivity contribution < 1.29 is 57.5 Å². The Balaban J connectivity index is 1.03. The van der Waals surface area contributed by atoms with Gasteiger partial charge in [-0.05, 0) is 225 Å². The van der Waals surface area contributed by atoms with E-state index in [1.807, 2.05) is 0 Å². The molecule has 468 valence electrons. The SMILES string of the molecule is CC(C)C1CCC2C(=O)C(=O)C2CCC(C(C)C)CCC2C(=O)C(=O)C2CCC(C(C)C)CCC2C(=O)C(=O)C2CCC(C(C)C)CCC2C(=O)C(=O)C2CCC(C(C)C)CCC2C(=O)C(=O)C2CCC(C(C)C)CCC2C(=O)C(=O)C2CC1. The number of hydrogen-bond acceptors (Lipinski definition) is 12. The topological polar surface area (TPSA) is 205 Å². The van der Waals surface area contributed by atoms with Crippen molar-refractivity contribution in [2.45, 2.75) is 237 Å². The minimum atomic E-state index is -0.332. The van der Waals surface area contributed by atoms with E-state index in [0.29, 0.717) is 77.0 Å². The van der Waals surface area contributed by atoms with Gasteiger partial charge in [-0.25, -0.2) is 0 Å². The van der Waals surface area contributed by atoms with E-state index in [4.69, 9.17) is 0 Å². The van der Waals surface area contributed by atoms with E-state index in [-0.39, 0.29) is 211 Å². The van der Waals surface area contributed by atoms with Crippen LogP contribution in [0, 0.1) is 142 Å². The minimum absolute atomic E-state index is 0.213. The number of rotatable bonds is 6. The number of hydrogen-bond donors (Lipinski definition) is 0. The summed E-state index contributed by atoms with van der Waals surface area (Å²) in [5, 5.41) is 0. The molecule has 12 unspecified atom stereocenters. The highest BCUT2D eigenvalue weighted by Gasteiger charge is 2.54. The predicted molar refractivity (Wildman–Crippen MR) is 323 cm³/mol. The molecule has 0 aromatic heterocycles. The maximum atomic E-state index is 13.2. The molecule has 0 radical (unpaired) electrons. The van der Waals surface area contributed by atoms with Crippen LogP contribution in [0.5, 0.6) is 0 Å². The third kappa shape index (κ3) is 14.9. The van der Waals surface area contributed by atoms with Gasteiger partial charge in [0.05, 0.1) is 0 Å². The van der Waals surface area contributed by atoms with Gasteiger partial charge < -0.3 is 0 Å². The van der Waals surface area contributed by atoms with E-state index < -0.39 is 0 Å². The Morgan fingerprint density at radius 1 is 0.155 bits per heavy atom. The van der Waals surface area contributed by atoms with Crippen molar-refractivity contribution in [2.24, 2.45) is 142 Å². The molecule has 12 nitrogen and oxygen atoms in total. The van der Waals surface area contributed by atoms with Gasteiger partial charge in [-0.15, -0.1) is 0 Å². The normalized spacial score (nSPS) is 37.8. The standard InChI is InChI=1S/C72H108O12/c1-37(2)43-13-25-49-51(63(75)61(49)73)27-15-44(38(3)4)17-29-53-55(67(79)65(53)77)31-19-46(40(7)8)21-33-57-59(71(83)69(57)81)35-23-48(42(11)12)24-36-60-58(70(82)72(60)84)34-22-47(41(9)10)20-32-56-54(66(78)68(56)80)30-18-45(39(5)6)16-28-52-50(26-14-43)62(74)64(52)76/h37-60H,13-36H2,1-12H3. The molecule has 7 fully saturated rings. The van der Waals surface area contributed by atoms with E-state index in [9.17, 15) is 57.5 Å². The molecule has 7 saturated carbocycles. The van der Waals surface area contributed by atoms with Gasteiger partial charge in [0, 0.05) is 71.0 Å². The molecule has 0 aromatic carbocycles. The van der Waals surface area contributed by atoms with Crippen molar-refractivity contribution in [2.75, 3.05) is 0 Å². The number of fused-ring (bicyclic) bond motifs is 6. The van der Waals surface area contributed by atoms with Gasteiger partial charge in [0.2, 0.25) is 69.4 Å². The van der Waals surface area contributed by atoms with Gasteiger partial charge >= 0.3 is 0 Å². The smallest absolute Gasteiger partial charge is 0.202 e. The zero-order valence-electron chi connectivity index (χ0n) is 53.7. The summed E-state index contributed by atoms with van der Waals surface area (Å²) < 4.78 is 0. The van der Waals surface area contributed by atoms with E-state index in [2.05, 4.69) is 83.1 Å². The quantitative estimate of drug-likeness (QED) is 0.228. The number of Topliss-reactive ketones (excluding diaryl/α,β-unsaturated/α-hetero) is 12. The van der Waals surface area contributed by atoms with E-state index in [1.165, 1.54) is 0 Å². The molecule has 7 rings (SSSR count). The first-order chi connectivity index (χ1) is 39.7. The summed E-state index contributed by atoms with van der Waals surface area (Å²) in [7, 11) is 0. The van der Waals surface area contributed by atoms with Gasteiger partial charge in [-0.2, -0.15) is 0 Å². The Hall–Kier alpha value is -3.96. The van der Waals surface area contributed by atoms with Gasteiger partial charge in [0.1, 0.15) is 0 Å². The summed E-state index contributed by atoms with van der Waals surface area (Å²) in [4.78, 5) is 158. The first-order valence-electron chi connectivity index (χ1n) is 34.1. The minimum Gasteiger partial charge on any atom is -0.291 e. The zero-order chi connectivity index (χ0) is 61.8. The zero-order valence-corrected chi connectivity index (χ0v) is 53.7. The van der Waals surface area contributed by atoms with Crippen molar-refractivity contribution in [1.29, 1.82) is 0 Å². The van der Waals surface area contributed by atoms with Crippen LogP contribution in [0.1, 0.15) is 237 Å². The fourth-order valence-corrected chi connectivity index (χ4v) is 17.4. The van der Waals surface area contributed by atoms with Crippen LogP contribution < -0.4 is 0 Å². The Morgan fingerprint density at radius 2 is 0.226 bits per heavy atom. The molecular weight excluding hydrogens is 1060 g/mol. The first kappa shape index (κ1) is 67.5. The predicted octanol–water partition coefficient (Wildman–Crippen LogP) is 13.3. The Labute approximate surface area is 504 Å².